The normalized spacial score (nSPS) is 20.3. The molecule has 0 saturated heterocycles. The number of benzene rings is 1. The Balaban J connectivity index is 1.71. The van der Waals surface area contributed by atoms with Gasteiger partial charge in [-0.2, -0.15) is 0 Å². The Labute approximate surface area is 195 Å². The summed E-state index contributed by atoms with van der Waals surface area (Å²) < 4.78 is 0. The first-order valence-corrected chi connectivity index (χ1v) is 11.5. The highest BCUT2D eigenvalue weighted by molar-refractivity contribution is 6.05. The van der Waals surface area contributed by atoms with Crippen LogP contribution in [0.2, 0.25) is 0 Å². The third kappa shape index (κ3) is 6.05. The van der Waals surface area contributed by atoms with Crippen molar-refractivity contribution in [2.45, 2.75) is 58.2 Å². The minimum atomic E-state index is -1.01. The maximum absolute atomic E-state index is 13.2. The van der Waals surface area contributed by atoms with Crippen LogP contribution in [0.4, 0.5) is 0 Å². The van der Waals surface area contributed by atoms with Crippen molar-refractivity contribution in [1.29, 1.82) is 0 Å². The van der Waals surface area contributed by atoms with Crippen LogP contribution in [-0.2, 0) is 9.59 Å². The molecule has 0 spiro atoms. The van der Waals surface area contributed by atoms with Crippen molar-refractivity contribution in [1.82, 2.24) is 15.6 Å². The highest BCUT2D eigenvalue weighted by Crippen LogP contribution is 2.46. The summed E-state index contributed by atoms with van der Waals surface area (Å²) in [5.41, 5.74) is 1.25. The van der Waals surface area contributed by atoms with Crippen LogP contribution < -0.4 is 10.6 Å². The van der Waals surface area contributed by atoms with Crippen LogP contribution in [0.1, 0.15) is 56.0 Å². The van der Waals surface area contributed by atoms with Gasteiger partial charge in [-0.25, -0.2) is 0 Å². The molecule has 0 radical (unpaired) electrons. The third-order valence-electron chi connectivity index (χ3n) is 6.06. The maximum Gasteiger partial charge on any atom is 0.253 e. The summed E-state index contributed by atoms with van der Waals surface area (Å²) in [5.74, 6) is -1.62. The van der Waals surface area contributed by atoms with E-state index >= 15 is 0 Å². The number of aliphatic hydroxyl groups is 1. The van der Waals surface area contributed by atoms with Crippen molar-refractivity contribution in [3.05, 3.63) is 66.0 Å². The molecule has 1 aliphatic carbocycles. The van der Waals surface area contributed by atoms with Crippen molar-refractivity contribution in [3.63, 3.8) is 0 Å². The van der Waals surface area contributed by atoms with Crippen LogP contribution >= 0.6 is 0 Å². The smallest absolute Gasteiger partial charge is 0.253 e. The Hall–Kier alpha value is -3.06. The van der Waals surface area contributed by atoms with Crippen LogP contribution in [0.25, 0.3) is 0 Å². The first kappa shape index (κ1) is 24.6. The van der Waals surface area contributed by atoms with Crippen molar-refractivity contribution in [3.8, 4) is 0 Å². The number of amides is 2. The molecular formula is C26H33N3O4. The molecule has 1 aromatic carbocycles. The van der Waals surface area contributed by atoms with Gasteiger partial charge in [0.2, 0.25) is 5.91 Å². The van der Waals surface area contributed by atoms with Gasteiger partial charge in [0.15, 0.2) is 0 Å². The van der Waals surface area contributed by atoms with Gasteiger partial charge >= 0.3 is 0 Å². The average molecular weight is 452 g/mol. The second kappa shape index (κ2) is 10.7. The number of carbonyl (C=O) groups excluding carboxylic acids is 3. The predicted octanol–water partition coefficient (Wildman–Crippen LogP) is 2.71. The van der Waals surface area contributed by atoms with Gasteiger partial charge in [-0.1, -0.05) is 58.0 Å². The molecule has 176 valence electrons. The summed E-state index contributed by atoms with van der Waals surface area (Å²) in [7, 11) is 0. The lowest BCUT2D eigenvalue weighted by molar-refractivity contribution is -0.126. The second-order valence-corrected chi connectivity index (χ2v) is 9.48. The van der Waals surface area contributed by atoms with E-state index in [0.717, 1.165) is 5.56 Å². The van der Waals surface area contributed by atoms with Crippen LogP contribution in [0.5, 0.6) is 0 Å². The average Bonchev–Trinajstić information content (AvgIpc) is 3.47. The number of rotatable bonds is 10. The van der Waals surface area contributed by atoms with Crippen LogP contribution in [0.3, 0.4) is 0 Å². The largest absolute Gasteiger partial charge is 0.390 e. The fourth-order valence-corrected chi connectivity index (χ4v) is 4.23. The van der Waals surface area contributed by atoms with Crippen LogP contribution in [0, 0.1) is 17.8 Å². The lowest BCUT2D eigenvalue weighted by atomic mass is 9.92. The van der Waals surface area contributed by atoms with Crippen molar-refractivity contribution in [2.24, 2.45) is 17.8 Å². The van der Waals surface area contributed by atoms with E-state index in [1.807, 2.05) is 58.0 Å². The van der Waals surface area contributed by atoms with Gasteiger partial charge < -0.3 is 15.7 Å². The molecule has 1 fully saturated rings. The van der Waals surface area contributed by atoms with E-state index in [9.17, 15) is 19.5 Å². The number of aliphatic hydroxyl groups excluding tert-OH is 1. The zero-order valence-corrected chi connectivity index (χ0v) is 19.6. The summed E-state index contributed by atoms with van der Waals surface area (Å²) in [4.78, 5) is 42.3. The molecular weight excluding hydrogens is 418 g/mol. The third-order valence-corrected chi connectivity index (χ3v) is 6.06. The molecule has 0 aliphatic heterocycles. The number of nitrogens with one attached hydrogen (secondary N) is 2. The number of nitrogens with zero attached hydrogens (tertiary/aromatic N) is 1. The minimum absolute atomic E-state index is 0.0165. The number of carbonyl (C=O) groups is 3. The van der Waals surface area contributed by atoms with E-state index < -0.39 is 24.1 Å². The Morgan fingerprint density at radius 3 is 2.30 bits per heavy atom. The molecule has 7 heteroatoms. The van der Waals surface area contributed by atoms with Crippen molar-refractivity contribution in [2.75, 3.05) is 0 Å². The highest BCUT2D eigenvalue weighted by Gasteiger charge is 2.56. The molecule has 7 nitrogen and oxygen atoms in total. The number of aromatic nitrogens is 1. The van der Waals surface area contributed by atoms with E-state index in [4.69, 9.17) is 0 Å². The van der Waals surface area contributed by atoms with Gasteiger partial charge in [0.1, 0.15) is 11.8 Å². The predicted molar refractivity (Wildman–Crippen MR) is 125 cm³/mol. The van der Waals surface area contributed by atoms with Crippen molar-refractivity contribution < 1.29 is 19.5 Å². The molecule has 1 saturated carbocycles. The fourth-order valence-electron chi connectivity index (χ4n) is 4.23. The van der Waals surface area contributed by atoms with E-state index in [1.54, 1.807) is 18.3 Å². The second-order valence-electron chi connectivity index (χ2n) is 9.48. The van der Waals surface area contributed by atoms with Gasteiger partial charge in [0, 0.05) is 12.4 Å². The van der Waals surface area contributed by atoms with Crippen molar-refractivity contribution >= 4 is 17.6 Å². The molecule has 1 aromatic heterocycles. The molecule has 1 heterocycles. The number of hydrogen-bond acceptors (Lipinski definition) is 5. The molecule has 3 rings (SSSR count). The molecule has 1 aliphatic rings. The Morgan fingerprint density at radius 2 is 1.73 bits per heavy atom. The number of pyridine rings is 1. The molecule has 2 aromatic rings. The fraction of sp³-hybridized carbons (Fsp3) is 0.462. The zero-order chi connectivity index (χ0) is 24.1. The Kier molecular flexibility index (Phi) is 7.97. The van der Waals surface area contributed by atoms with Gasteiger partial charge in [-0.3, -0.25) is 19.4 Å². The van der Waals surface area contributed by atoms with Crippen LogP contribution in [-0.4, -0.2) is 45.9 Å². The van der Waals surface area contributed by atoms with Gasteiger partial charge in [0.05, 0.1) is 29.5 Å². The molecule has 5 atom stereocenters. The SMILES string of the molecule is CC(C)C[C@H](NC(=O)c1cccnc1)C(=O)N[C@@H](C(C)C)[C@@H](O)C1C(=O)C1c1ccccc1. The maximum atomic E-state index is 13.2. The minimum Gasteiger partial charge on any atom is -0.390 e. The van der Waals surface area contributed by atoms with Gasteiger partial charge in [-0.05, 0) is 36.0 Å². The molecule has 2 amide bonds. The lowest BCUT2D eigenvalue weighted by Gasteiger charge is -2.30. The number of ketones is 1. The molecule has 33 heavy (non-hydrogen) atoms. The first-order valence-electron chi connectivity index (χ1n) is 11.5. The molecule has 2 unspecified atom stereocenters. The Morgan fingerprint density at radius 1 is 1.03 bits per heavy atom. The molecule has 0 bridgehead atoms. The molecule has 3 N–H and O–H groups in total. The van der Waals surface area contributed by atoms with Gasteiger partial charge in [0.25, 0.3) is 5.91 Å². The van der Waals surface area contributed by atoms with Gasteiger partial charge in [-0.15, -0.1) is 0 Å². The monoisotopic (exact) mass is 451 g/mol. The quantitative estimate of drug-likeness (QED) is 0.515. The van der Waals surface area contributed by atoms with E-state index in [1.165, 1.54) is 6.20 Å². The van der Waals surface area contributed by atoms with E-state index in [0.29, 0.717) is 12.0 Å². The summed E-state index contributed by atoms with van der Waals surface area (Å²) in [6.45, 7) is 7.73. The topological polar surface area (TPSA) is 108 Å². The standard InChI is InChI=1S/C26H33N3O4/c1-15(2)13-19(28-25(32)18-11-8-12-27-14-18)26(33)29-22(16(3)4)24(31)21-20(23(21)30)17-9-6-5-7-10-17/h5-12,14-16,19-22,24,31H,13H2,1-4H3,(H,28,32)(H,29,33)/t19-,20?,21?,22-,24-/m0/s1. The summed E-state index contributed by atoms with van der Waals surface area (Å²) in [5, 5.41) is 16.8. The summed E-state index contributed by atoms with van der Waals surface area (Å²) >= 11 is 0. The summed E-state index contributed by atoms with van der Waals surface area (Å²) in [6, 6.07) is 11.3. The Bertz CT molecular complexity index is 962. The van der Waals surface area contributed by atoms with E-state index in [-0.39, 0.29) is 35.4 Å². The summed E-state index contributed by atoms with van der Waals surface area (Å²) in [6.07, 6.45) is 2.45. The zero-order valence-electron chi connectivity index (χ0n) is 19.6. The number of hydrogen-bond donors (Lipinski definition) is 3. The first-order chi connectivity index (χ1) is 15.7. The highest BCUT2D eigenvalue weighted by atomic mass is 16.3. The van der Waals surface area contributed by atoms with Crippen LogP contribution in [0.15, 0.2) is 54.9 Å². The lowest BCUT2D eigenvalue weighted by Crippen LogP contribution is -2.55. The number of Topliss-reactive ketones (excluding diaryl/α,β-unsaturated/α-hetero) is 1. The van der Waals surface area contributed by atoms with E-state index in [2.05, 4.69) is 15.6 Å².